The summed E-state index contributed by atoms with van der Waals surface area (Å²) in [6.07, 6.45) is 15.7. The highest BCUT2D eigenvalue weighted by Crippen LogP contribution is 2.22. The second-order valence-electron chi connectivity index (χ2n) is 9.94. The number of amides is 1. The average molecular weight is 595 g/mol. The van der Waals surface area contributed by atoms with Crippen LogP contribution in [0.25, 0.3) is 0 Å². The minimum Gasteiger partial charge on any atom is -0.507 e. The Bertz CT molecular complexity index is 1130. The van der Waals surface area contributed by atoms with Gasteiger partial charge in [-0.15, -0.1) is 12.8 Å². The Kier molecular flexibility index (Phi) is 23.8. The van der Waals surface area contributed by atoms with Crippen LogP contribution in [0.15, 0.2) is 68.6 Å². The second-order valence-corrected chi connectivity index (χ2v) is 9.94. The number of terminal acetylenes is 1. The van der Waals surface area contributed by atoms with E-state index in [1.54, 1.807) is 32.5 Å². The monoisotopic (exact) mass is 594 g/mol. The zero-order valence-corrected chi connectivity index (χ0v) is 28.8. The first-order valence-corrected chi connectivity index (χ1v) is 15.4. The number of para-hydroxylation sites is 1. The molecule has 0 bridgehead atoms. The van der Waals surface area contributed by atoms with Gasteiger partial charge in [0.2, 0.25) is 0 Å². The van der Waals surface area contributed by atoms with Gasteiger partial charge in [-0.1, -0.05) is 53.2 Å². The fourth-order valence-corrected chi connectivity index (χ4v) is 4.26. The molecule has 2 N–H and O–H groups in total. The van der Waals surface area contributed by atoms with Crippen LogP contribution in [0.2, 0.25) is 0 Å². The van der Waals surface area contributed by atoms with E-state index in [-0.39, 0.29) is 11.7 Å². The van der Waals surface area contributed by atoms with Crippen molar-refractivity contribution in [2.75, 3.05) is 33.8 Å². The Morgan fingerprint density at radius 1 is 1.14 bits per heavy atom. The van der Waals surface area contributed by atoms with Crippen LogP contribution in [0.3, 0.4) is 0 Å². The molecule has 1 aromatic carbocycles. The number of rotatable bonds is 10. The highest BCUT2D eigenvalue weighted by molar-refractivity contribution is 6.11. The van der Waals surface area contributed by atoms with Crippen LogP contribution < -0.4 is 5.32 Å². The number of ether oxygens (including phenoxy) is 1. The lowest BCUT2D eigenvalue weighted by Crippen LogP contribution is -2.43. The molecule has 1 atom stereocenters. The molecule has 2 rings (SSSR count). The number of phenols is 1. The molecule has 1 aliphatic rings. The van der Waals surface area contributed by atoms with E-state index in [2.05, 4.69) is 37.0 Å². The molecule has 1 fully saturated rings. The van der Waals surface area contributed by atoms with E-state index in [0.717, 1.165) is 55.0 Å². The van der Waals surface area contributed by atoms with Gasteiger partial charge in [0, 0.05) is 49.9 Å². The van der Waals surface area contributed by atoms with Crippen LogP contribution >= 0.6 is 0 Å². The molecule has 1 amide bonds. The number of likely N-dealkylation sites (tertiary alicyclic amines) is 1. The number of hydrogen-bond donors (Lipinski definition) is 2. The minimum absolute atomic E-state index is 0.0797. The summed E-state index contributed by atoms with van der Waals surface area (Å²) < 4.78 is 5.33. The molecular weight excluding hydrogens is 536 g/mol. The topological polar surface area (TPSA) is 86.5 Å². The van der Waals surface area contributed by atoms with E-state index >= 15 is 0 Å². The van der Waals surface area contributed by atoms with Gasteiger partial charge in [0.25, 0.3) is 5.91 Å². The number of methoxy groups -OCH3 is 1. The molecule has 0 spiro atoms. The Morgan fingerprint density at radius 3 is 2.28 bits per heavy atom. The van der Waals surface area contributed by atoms with Crippen LogP contribution in [-0.4, -0.2) is 61.6 Å². The Balaban J connectivity index is 0. The molecule has 1 saturated heterocycles. The van der Waals surface area contributed by atoms with Crippen molar-refractivity contribution in [2.45, 2.75) is 88.0 Å². The van der Waals surface area contributed by atoms with Crippen molar-refractivity contribution in [1.82, 2.24) is 10.2 Å². The predicted octanol–water partition coefficient (Wildman–Crippen LogP) is 7.93. The first-order chi connectivity index (χ1) is 20.6. The Hall–Kier alpha value is -3.79. The molecule has 1 aromatic rings. The molecule has 1 unspecified atom stereocenters. The van der Waals surface area contributed by atoms with Gasteiger partial charge in [-0.2, -0.15) is 0 Å². The molecule has 0 aromatic heterocycles. The lowest BCUT2D eigenvalue weighted by atomic mass is 9.96. The number of carbonyl (C=O) groups is 1. The summed E-state index contributed by atoms with van der Waals surface area (Å²) in [5.41, 5.74) is 4.82. The van der Waals surface area contributed by atoms with Gasteiger partial charge in [0.15, 0.2) is 0 Å². The Morgan fingerprint density at radius 2 is 1.74 bits per heavy atom. The van der Waals surface area contributed by atoms with Crippen molar-refractivity contribution in [3.63, 3.8) is 0 Å². The first-order valence-electron chi connectivity index (χ1n) is 15.4. The van der Waals surface area contributed by atoms with Gasteiger partial charge in [0.05, 0.1) is 18.4 Å². The molecule has 0 radical (unpaired) electrons. The Labute approximate surface area is 262 Å². The van der Waals surface area contributed by atoms with Crippen LogP contribution in [0.5, 0.6) is 5.75 Å². The highest BCUT2D eigenvalue weighted by atomic mass is 16.5. The number of nitrogens with one attached hydrogen (secondary N) is 1. The van der Waals surface area contributed by atoms with Crippen molar-refractivity contribution in [3.05, 3.63) is 64.2 Å². The zero-order chi connectivity index (χ0) is 33.4. The molecule has 7 nitrogen and oxygen atoms in total. The maximum absolute atomic E-state index is 13.1. The van der Waals surface area contributed by atoms with E-state index in [4.69, 9.17) is 9.73 Å². The smallest absolute Gasteiger partial charge is 0.253 e. The number of allylic oxidation sites excluding steroid dienone is 5. The fourth-order valence-electron chi connectivity index (χ4n) is 4.26. The predicted molar refractivity (Wildman–Crippen MR) is 186 cm³/mol. The molecule has 1 aliphatic heterocycles. The molecule has 240 valence electrons. The number of aliphatic imine (C=N–C) groups is 2. The van der Waals surface area contributed by atoms with Crippen LogP contribution in [0.4, 0.5) is 0 Å². The third-order valence-electron chi connectivity index (χ3n) is 6.53. The summed E-state index contributed by atoms with van der Waals surface area (Å²) in [7, 11) is 3.34. The number of benzene rings is 1. The summed E-state index contributed by atoms with van der Waals surface area (Å²) >= 11 is 0. The number of nitrogens with zero attached hydrogens (tertiary/aromatic N) is 3. The van der Waals surface area contributed by atoms with Gasteiger partial charge < -0.3 is 20.1 Å². The molecule has 7 heteroatoms. The third kappa shape index (κ3) is 15.3. The molecule has 0 saturated carbocycles. The summed E-state index contributed by atoms with van der Waals surface area (Å²) in [4.78, 5) is 23.9. The van der Waals surface area contributed by atoms with Crippen molar-refractivity contribution < 1.29 is 14.6 Å². The van der Waals surface area contributed by atoms with Gasteiger partial charge >= 0.3 is 0 Å². The number of piperidine rings is 1. The number of hydrogen-bond acceptors (Lipinski definition) is 6. The van der Waals surface area contributed by atoms with Crippen LogP contribution in [0.1, 0.15) is 93.6 Å². The molecule has 43 heavy (non-hydrogen) atoms. The zero-order valence-electron chi connectivity index (χ0n) is 28.8. The van der Waals surface area contributed by atoms with Crippen molar-refractivity contribution in [1.29, 1.82) is 0 Å². The second kappa shape index (κ2) is 24.8. The summed E-state index contributed by atoms with van der Waals surface area (Å²) in [5.74, 6) is 1.31. The van der Waals surface area contributed by atoms with E-state index in [1.165, 1.54) is 6.42 Å². The van der Waals surface area contributed by atoms with Crippen molar-refractivity contribution in [2.24, 2.45) is 15.9 Å². The summed E-state index contributed by atoms with van der Waals surface area (Å²) in [6, 6.07) is 7.21. The van der Waals surface area contributed by atoms with Crippen LogP contribution in [0, 0.1) is 18.8 Å². The summed E-state index contributed by atoms with van der Waals surface area (Å²) in [6.45, 7) is 20.2. The maximum Gasteiger partial charge on any atom is 0.253 e. The van der Waals surface area contributed by atoms with E-state index in [9.17, 15) is 9.90 Å². The van der Waals surface area contributed by atoms with Crippen molar-refractivity contribution >= 4 is 17.8 Å². The van der Waals surface area contributed by atoms with E-state index in [0.29, 0.717) is 29.4 Å². The molecular formula is C36H58N4O3. The van der Waals surface area contributed by atoms with Gasteiger partial charge in [-0.05, 0) is 76.7 Å². The fraction of sp³-hybridized carbons (Fsp3) is 0.528. The number of phenolic OH excluding ortho intramolecular Hbond substituents is 1. The van der Waals surface area contributed by atoms with Crippen molar-refractivity contribution in [3.8, 4) is 18.6 Å². The van der Waals surface area contributed by atoms with E-state index < -0.39 is 0 Å². The SMILES string of the molecule is C#C.CC.CC/C(C(=O)N1CCCC(CN/C(C)=C/C(=N/C(C)=C(\C)C=NC)c2ccccc2O)C1)=C(/C)OC.CCC. The minimum atomic E-state index is 0.0797. The highest BCUT2D eigenvalue weighted by Gasteiger charge is 2.26. The molecule has 1 heterocycles. The van der Waals surface area contributed by atoms with E-state index in [1.807, 2.05) is 71.6 Å². The number of aromatic hydroxyl groups is 1. The largest absolute Gasteiger partial charge is 0.507 e. The average Bonchev–Trinajstić information content (AvgIpc) is 3.02. The third-order valence-corrected chi connectivity index (χ3v) is 6.53. The normalized spacial score (nSPS) is 16.2. The quantitative estimate of drug-likeness (QED) is 0.125. The van der Waals surface area contributed by atoms with Crippen LogP contribution in [-0.2, 0) is 9.53 Å². The van der Waals surface area contributed by atoms with Gasteiger partial charge in [0.1, 0.15) is 11.5 Å². The first kappa shape index (κ1) is 41.3. The van der Waals surface area contributed by atoms with Gasteiger partial charge in [-0.3, -0.25) is 14.8 Å². The lowest BCUT2D eigenvalue weighted by Gasteiger charge is -2.34. The molecule has 0 aliphatic carbocycles. The lowest BCUT2D eigenvalue weighted by molar-refractivity contribution is -0.129. The number of carbonyl (C=O) groups excluding carboxylic acids is 1. The summed E-state index contributed by atoms with van der Waals surface area (Å²) in [5, 5.41) is 14.0. The standard InChI is InChI=1S/C29H42N4O3.C3H8.C2H6.C2H2/c1-8-25(23(5)36-7)29(35)33-15-11-12-24(19-33)18-31-21(3)16-27(26-13-9-10-14-28(26)34)32-22(4)20(2)17-30-6;1-3-2;2*1-2/h9-10,13-14,16-17,24,31,34H,8,11-12,15,18-19H2,1-7H3;3H2,1-2H3;1-2H3;1-2H/b21-16+,22-20+,25-23+,30-17?,32-27-;;;. The van der Waals surface area contributed by atoms with Gasteiger partial charge in [-0.25, -0.2) is 0 Å². The maximum atomic E-state index is 13.1.